The molecule has 0 unspecified atom stereocenters. The zero-order chi connectivity index (χ0) is 19.2. The Morgan fingerprint density at radius 1 is 0.889 bits per heavy atom. The fourth-order valence-electron chi connectivity index (χ4n) is 2.38. The molecule has 0 bridgehead atoms. The van der Waals surface area contributed by atoms with Crippen molar-refractivity contribution in [2.75, 3.05) is 11.1 Å². The lowest BCUT2D eigenvalue weighted by Gasteiger charge is -2.07. The van der Waals surface area contributed by atoms with Crippen LogP contribution in [0.2, 0.25) is 0 Å². The molecule has 0 radical (unpaired) electrons. The molecule has 0 atom stereocenters. The van der Waals surface area contributed by atoms with Crippen molar-refractivity contribution >= 4 is 23.0 Å². The molecular weight excluding hydrogens is 342 g/mol. The smallest absolute Gasteiger partial charge is 0.269 e. The summed E-state index contributed by atoms with van der Waals surface area (Å²) in [6.07, 6.45) is 0. The summed E-state index contributed by atoms with van der Waals surface area (Å²) in [6.45, 7) is 0. The minimum Gasteiger partial charge on any atom is -0.398 e. The third-order valence-corrected chi connectivity index (χ3v) is 3.81. The number of non-ortho nitro benzene ring substituents is 1. The predicted molar refractivity (Wildman–Crippen MR) is 104 cm³/mol. The quantitative estimate of drug-likeness (QED) is 0.322. The monoisotopic (exact) mass is 357 g/mol. The van der Waals surface area contributed by atoms with Gasteiger partial charge in [-0.15, -0.1) is 0 Å². The number of nitro benzene ring substituents is 1. The number of rotatable bonds is 3. The molecule has 0 spiro atoms. The molecule has 27 heavy (non-hydrogen) atoms. The van der Waals surface area contributed by atoms with E-state index in [1.807, 2.05) is 24.3 Å². The zero-order valence-corrected chi connectivity index (χ0v) is 14.2. The van der Waals surface area contributed by atoms with Crippen molar-refractivity contribution in [2.45, 2.75) is 0 Å². The normalized spacial score (nSPS) is 9.78. The molecule has 0 saturated carbocycles. The van der Waals surface area contributed by atoms with Crippen molar-refractivity contribution in [3.63, 3.8) is 0 Å². The van der Waals surface area contributed by atoms with E-state index in [1.54, 1.807) is 24.3 Å². The molecule has 3 aromatic rings. The van der Waals surface area contributed by atoms with Crippen LogP contribution in [0.1, 0.15) is 21.5 Å². The number of nitrogen functional groups attached to an aromatic ring is 1. The number of anilines is 2. The van der Waals surface area contributed by atoms with E-state index < -0.39 is 4.92 Å². The summed E-state index contributed by atoms with van der Waals surface area (Å²) in [5, 5.41) is 13.5. The van der Waals surface area contributed by atoms with E-state index in [4.69, 9.17) is 5.73 Å². The maximum atomic E-state index is 12.4. The Bertz CT molecular complexity index is 1060. The Balaban J connectivity index is 1.83. The highest BCUT2D eigenvalue weighted by Gasteiger charge is 2.11. The van der Waals surface area contributed by atoms with Gasteiger partial charge in [0.15, 0.2) is 0 Å². The van der Waals surface area contributed by atoms with Gasteiger partial charge in [0.2, 0.25) is 0 Å². The van der Waals surface area contributed by atoms with E-state index in [0.717, 1.165) is 0 Å². The lowest BCUT2D eigenvalue weighted by atomic mass is 10.1. The Kier molecular flexibility index (Phi) is 5.15. The van der Waals surface area contributed by atoms with E-state index in [9.17, 15) is 14.9 Å². The lowest BCUT2D eigenvalue weighted by molar-refractivity contribution is -0.384. The number of nitro groups is 1. The molecule has 0 heterocycles. The SMILES string of the molecule is Nc1ccccc1C#Cc1ccccc1NC(=O)c1ccc([N+](=O)[O-])cc1. The second kappa shape index (κ2) is 7.85. The van der Waals surface area contributed by atoms with Gasteiger partial charge in [-0.05, 0) is 36.4 Å². The first-order chi connectivity index (χ1) is 13.0. The van der Waals surface area contributed by atoms with Gasteiger partial charge in [-0.2, -0.15) is 0 Å². The third kappa shape index (κ3) is 4.30. The fraction of sp³-hybridized carbons (Fsp3) is 0. The summed E-state index contributed by atoms with van der Waals surface area (Å²) in [6, 6.07) is 19.8. The summed E-state index contributed by atoms with van der Waals surface area (Å²) < 4.78 is 0. The fourth-order valence-corrected chi connectivity index (χ4v) is 2.38. The van der Waals surface area contributed by atoms with Gasteiger partial charge in [0, 0.05) is 34.5 Å². The van der Waals surface area contributed by atoms with Crippen LogP contribution in [0.25, 0.3) is 0 Å². The van der Waals surface area contributed by atoms with Gasteiger partial charge >= 0.3 is 0 Å². The molecule has 0 aliphatic rings. The molecule has 3 aromatic carbocycles. The number of hydrogen-bond acceptors (Lipinski definition) is 4. The Labute approximate surface area is 155 Å². The van der Waals surface area contributed by atoms with Crippen LogP contribution in [-0.2, 0) is 0 Å². The first-order valence-corrected chi connectivity index (χ1v) is 8.06. The first-order valence-electron chi connectivity index (χ1n) is 8.06. The topological polar surface area (TPSA) is 98.3 Å². The lowest BCUT2D eigenvalue weighted by Crippen LogP contribution is -2.12. The van der Waals surface area contributed by atoms with Crippen LogP contribution in [0, 0.1) is 22.0 Å². The molecule has 3 rings (SSSR count). The Hall–Kier alpha value is -4.11. The van der Waals surface area contributed by atoms with Crippen LogP contribution in [0.4, 0.5) is 17.1 Å². The average Bonchev–Trinajstić information content (AvgIpc) is 2.68. The van der Waals surface area contributed by atoms with Crippen LogP contribution in [-0.4, -0.2) is 10.8 Å². The van der Waals surface area contributed by atoms with Crippen LogP contribution in [0.15, 0.2) is 72.8 Å². The van der Waals surface area contributed by atoms with Gasteiger partial charge in [-0.25, -0.2) is 0 Å². The molecule has 3 N–H and O–H groups in total. The minimum absolute atomic E-state index is 0.0710. The maximum absolute atomic E-state index is 12.4. The number of para-hydroxylation sites is 2. The van der Waals surface area contributed by atoms with Gasteiger partial charge in [-0.1, -0.05) is 36.1 Å². The first kappa shape index (κ1) is 17.7. The number of benzene rings is 3. The van der Waals surface area contributed by atoms with Crippen molar-refractivity contribution in [3.8, 4) is 11.8 Å². The van der Waals surface area contributed by atoms with Gasteiger partial charge in [0.05, 0.1) is 10.6 Å². The Morgan fingerprint density at radius 3 is 2.15 bits per heavy atom. The molecule has 0 fully saturated rings. The molecule has 0 aliphatic heterocycles. The highest BCUT2D eigenvalue weighted by molar-refractivity contribution is 6.05. The van der Waals surface area contributed by atoms with Crippen LogP contribution >= 0.6 is 0 Å². The summed E-state index contributed by atoms with van der Waals surface area (Å²) in [5.41, 5.74) is 8.60. The second-order valence-electron chi connectivity index (χ2n) is 5.64. The number of nitrogens with two attached hydrogens (primary N) is 1. The van der Waals surface area contributed by atoms with Gasteiger partial charge in [0.1, 0.15) is 0 Å². The number of nitrogens with zero attached hydrogens (tertiary/aromatic N) is 1. The summed E-state index contributed by atoms with van der Waals surface area (Å²) in [4.78, 5) is 22.6. The number of hydrogen-bond donors (Lipinski definition) is 2. The summed E-state index contributed by atoms with van der Waals surface area (Å²) in [7, 11) is 0. The van der Waals surface area contributed by atoms with Gasteiger partial charge in [-0.3, -0.25) is 14.9 Å². The van der Waals surface area contributed by atoms with Gasteiger partial charge < -0.3 is 11.1 Å². The highest BCUT2D eigenvalue weighted by Crippen LogP contribution is 2.18. The van der Waals surface area contributed by atoms with E-state index >= 15 is 0 Å². The average molecular weight is 357 g/mol. The molecule has 1 amide bonds. The number of carbonyl (C=O) groups is 1. The third-order valence-electron chi connectivity index (χ3n) is 3.81. The second-order valence-corrected chi connectivity index (χ2v) is 5.64. The minimum atomic E-state index is -0.512. The van der Waals surface area contributed by atoms with Crippen molar-refractivity contribution in [3.05, 3.63) is 99.6 Å². The molecule has 6 heteroatoms. The van der Waals surface area contributed by atoms with Crippen molar-refractivity contribution in [2.24, 2.45) is 0 Å². The van der Waals surface area contributed by atoms with E-state index in [2.05, 4.69) is 17.2 Å². The van der Waals surface area contributed by atoms with Crippen LogP contribution < -0.4 is 11.1 Å². The molecule has 0 aliphatic carbocycles. The molecular formula is C21H15N3O3. The summed E-state index contributed by atoms with van der Waals surface area (Å²) in [5.74, 6) is 5.64. The van der Waals surface area contributed by atoms with E-state index in [0.29, 0.717) is 28.1 Å². The zero-order valence-electron chi connectivity index (χ0n) is 14.2. The van der Waals surface area contributed by atoms with E-state index in [1.165, 1.54) is 24.3 Å². The standard InChI is InChI=1S/C21H15N3O3/c22-19-7-3-1-5-15(19)9-10-16-6-2-4-8-20(16)23-21(25)17-11-13-18(14-12-17)24(26)27/h1-8,11-14H,22H2,(H,23,25). The number of amides is 1. The van der Waals surface area contributed by atoms with E-state index in [-0.39, 0.29) is 11.6 Å². The van der Waals surface area contributed by atoms with Crippen LogP contribution in [0.3, 0.4) is 0 Å². The Morgan fingerprint density at radius 2 is 1.48 bits per heavy atom. The van der Waals surface area contributed by atoms with Crippen LogP contribution in [0.5, 0.6) is 0 Å². The predicted octanol–water partition coefficient (Wildman–Crippen LogP) is 3.83. The number of nitrogens with one attached hydrogen (secondary N) is 1. The molecule has 0 saturated heterocycles. The highest BCUT2D eigenvalue weighted by atomic mass is 16.6. The maximum Gasteiger partial charge on any atom is 0.269 e. The van der Waals surface area contributed by atoms with Gasteiger partial charge in [0.25, 0.3) is 11.6 Å². The largest absolute Gasteiger partial charge is 0.398 e. The number of carbonyl (C=O) groups excluding carboxylic acids is 1. The molecule has 0 aromatic heterocycles. The van der Waals surface area contributed by atoms with Crippen molar-refractivity contribution in [1.29, 1.82) is 0 Å². The molecule has 132 valence electrons. The van der Waals surface area contributed by atoms with Crippen molar-refractivity contribution in [1.82, 2.24) is 0 Å². The summed E-state index contributed by atoms with van der Waals surface area (Å²) >= 11 is 0. The van der Waals surface area contributed by atoms with Crippen molar-refractivity contribution < 1.29 is 9.72 Å². The molecule has 6 nitrogen and oxygen atoms in total.